The Morgan fingerprint density at radius 1 is 0.938 bits per heavy atom. The largest absolute Gasteiger partial charge is 0.496 e. The third-order valence-corrected chi connectivity index (χ3v) is 4.98. The quantitative estimate of drug-likeness (QED) is 0.252. The second-order valence-electron chi connectivity index (χ2n) is 7.13. The fourth-order valence-corrected chi connectivity index (χ4v) is 3.33. The van der Waals surface area contributed by atoms with Crippen LogP contribution in [-0.4, -0.2) is 17.5 Å². The van der Waals surface area contributed by atoms with Gasteiger partial charge >= 0.3 is 0 Å². The van der Waals surface area contributed by atoms with Gasteiger partial charge in [-0.25, -0.2) is 4.39 Å². The fraction of sp³-hybridized carbons (Fsp3) is 0.0741. The van der Waals surface area contributed by atoms with Gasteiger partial charge in [0.1, 0.15) is 12.4 Å². The molecule has 0 saturated heterocycles. The standard InChI is InChI=1S/C27H22FNO3/c1-31-26-14-12-20(17-22(26)19-32-27-10-3-2-9-24(27)28)11-13-25(30)21-7-6-8-23(18-21)29-15-4-5-16-29/h2-18H,19H2,1H3/b13-11+. The van der Waals surface area contributed by atoms with E-state index in [9.17, 15) is 9.18 Å². The second kappa shape index (κ2) is 9.79. The number of hydrogen-bond donors (Lipinski definition) is 0. The van der Waals surface area contributed by atoms with Crippen molar-refractivity contribution in [3.8, 4) is 17.2 Å². The lowest BCUT2D eigenvalue weighted by atomic mass is 10.1. The molecule has 0 aliphatic rings. The van der Waals surface area contributed by atoms with Crippen LogP contribution in [-0.2, 0) is 6.61 Å². The van der Waals surface area contributed by atoms with Crippen molar-refractivity contribution >= 4 is 11.9 Å². The molecule has 0 unspecified atom stereocenters. The van der Waals surface area contributed by atoms with E-state index in [1.165, 1.54) is 12.1 Å². The van der Waals surface area contributed by atoms with Crippen LogP contribution in [0.2, 0.25) is 0 Å². The van der Waals surface area contributed by atoms with Crippen LogP contribution in [0, 0.1) is 5.82 Å². The number of nitrogens with zero attached hydrogens (tertiary/aromatic N) is 1. The van der Waals surface area contributed by atoms with E-state index in [1.54, 1.807) is 43.5 Å². The molecule has 32 heavy (non-hydrogen) atoms. The van der Waals surface area contributed by atoms with Gasteiger partial charge in [0.05, 0.1) is 7.11 Å². The van der Waals surface area contributed by atoms with Crippen molar-refractivity contribution in [1.82, 2.24) is 4.57 Å². The van der Waals surface area contributed by atoms with Gasteiger partial charge in [0.25, 0.3) is 0 Å². The van der Waals surface area contributed by atoms with E-state index in [1.807, 2.05) is 59.4 Å². The Labute approximate surface area is 186 Å². The van der Waals surface area contributed by atoms with Crippen molar-refractivity contribution in [1.29, 1.82) is 0 Å². The predicted molar refractivity (Wildman–Crippen MR) is 123 cm³/mol. The Bertz CT molecular complexity index is 1250. The summed E-state index contributed by atoms with van der Waals surface area (Å²) >= 11 is 0. The molecular weight excluding hydrogens is 405 g/mol. The molecule has 3 aromatic carbocycles. The summed E-state index contributed by atoms with van der Waals surface area (Å²) in [7, 11) is 1.57. The number of halogens is 1. The van der Waals surface area contributed by atoms with Crippen molar-refractivity contribution in [2.75, 3.05) is 7.11 Å². The number of allylic oxidation sites excluding steroid dienone is 1. The Kier molecular flexibility index (Phi) is 6.46. The average molecular weight is 427 g/mol. The number of para-hydroxylation sites is 1. The summed E-state index contributed by atoms with van der Waals surface area (Å²) in [5.74, 6) is 0.284. The highest BCUT2D eigenvalue weighted by atomic mass is 19.1. The van der Waals surface area contributed by atoms with Gasteiger partial charge in [-0.05, 0) is 60.2 Å². The number of ether oxygens (including phenoxy) is 2. The maximum Gasteiger partial charge on any atom is 0.185 e. The maximum atomic E-state index is 13.8. The van der Waals surface area contributed by atoms with E-state index in [0.29, 0.717) is 11.3 Å². The van der Waals surface area contributed by atoms with Gasteiger partial charge in [-0.2, -0.15) is 0 Å². The molecule has 0 saturated carbocycles. The number of hydrogen-bond acceptors (Lipinski definition) is 3. The molecule has 4 aromatic rings. The van der Waals surface area contributed by atoms with Crippen LogP contribution in [0.1, 0.15) is 21.5 Å². The minimum absolute atomic E-state index is 0.0982. The summed E-state index contributed by atoms with van der Waals surface area (Å²) in [6.45, 7) is 0.138. The third kappa shape index (κ3) is 4.95. The van der Waals surface area contributed by atoms with Crippen LogP contribution >= 0.6 is 0 Å². The zero-order valence-electron chi connectivity index (χ0n) is 17.6. The summed E-state index contributed by atoms with van der Waals surface area (Å²) in [5, 5.41) is 0. The molecule has 0 aliphatic heterocycles. The van der Waals surface area contributed by atoms with E-state index in [0.717, 1.165) is 16.8 Å². The van der Waals surface area contributed by atoms with Crippen molar-refractivity contribution in [3.05, 3.63) is 120 Å². The van der Waals surface area contributed by atoms with Crippen LogP contribution in [0.5, 0.6) is 11.5 Å². The first kappa shape index (κ1) is 21.1. The Hall–Kier alpha value is -4.12. The molecule has 0 N–H and O–H groups in total. The molecule has 0 aliphatic carbocycles. The van der Waals surface area contributed by atoms with Gasteiger partial charge in [-0.3, -0.25) is 4.79 Å². The summed E-state index contributed by atoms with van der Waals surface area (Å²) in [6.07, 6.45) is 7.15. The summed E-state index contributed by atoms with van der Waals surface area (Å²) in [5.41, 5.74) is 3.09. The highest BCUT2D eigenvalue weighted by Crippen LogP contribution is 2.24. The smallest absolute Gasteiger partial charge is 0.185 e. The summed E-state index contributed by atoms with van der Waals surface area (Å²) in [4.78, 5) is 12.7. The molecule has 0 atom stereocenters. The number of carbonyl (C=O) groups excluding carboxylic acids is 1. The molecular formula is C27H22FNO3. The molecule has 0 fully saturated rings. The normalized spacial score (nSPS) is 10.9. The van der Waals surface area contributed by atoms with Crippen LogP contribution in [0.3, 0.4) is 0 Å². The lowest BCUT2D eigenvalue weighted by Gasteiger charge is -2.11. The van der Waals surface area contributed by atoms with Crippen molar-refractivity contribution in [3.63, 3.8) is 0 Å². The molecule has 160 valence electrons. The van der Waals surface area contributed by atoms with Crippen molar-refractivity contribution in [2.45, 2.75) is 6.61 Å². The lowest BCUT2D eigenvalue weighted by Crippen LogP contribution is -2.01. The van der Waals surface area contributed by atoms with Crippen molar-refractivity contribution in [2.24, 2.45) is 0 Å². The zero-order chi connectivity index (χ0) is 22.3. The summed E-state index contributed by atoms with van der Waals surface area (Å²) in [6, 6.07) is 23.1. The van der Waals surface area contributed by atoms with E-state index in [4.69, 9.17) is 9.47 Å². The van der Waals surface area contributed by atoms with Gasteiger partial charge in [0.15, 0.2) is 17.3 Å². The monoisotopic (exact) mass is 427 g/mol. The maximum absolute atomic E-state index is 13.8. The molecule has 4 nitrogen and oxygen atoms in total. The summed E-state index contributed by atoms with van der Waals surface area (Å²) < 4.78 is 26.8. The zero-order valence-corrected chi connectivity index (χ0v) is 17.6. The second-order valence-corrected chi connectivity index (χ2v) is 7.13. The van der Waals surface area contributed by atoms with E-state index in [-0.39, 0.29) is 18.1 Å². The number of ketones is 1. The van der Waals surface area contributed by atoms with E-state index < -0.39 is 5.82 Å². The topological polar surface area (TPSA) is 40.5 Å². The number of benzene rings is 3. The SMILES string of the molecule is COc1ccc(/C=C/C(=O)c2cccc(-n3cccc3)c2)cc1COc1ccccc1F. The molecule has 0 bridgehead atoms. The van der Waals surface area contributed by atoms with Crippen LogP contribution in [0.15, 0.2) is 97.3 Å². The average Bonchev–Trinajstić information content (AvgIpc) is 3.37. The number of methoxy groups -OCH3 is 1. The minimum Gasteiger partial charge on any atom is -0.496 e. The third-order valence-electron chi connectivity index (χ3n) is 4.98. The van der Waals surface area contributed by atoms with Gasteiger partial charge in [-0.15, -0.1) is 0 Å². The number of carbonyl (C=O) groups is 1. The number of aromatic nitrogens is 1. The molecule has 1 heterocycles. The predicted octanol–water partition coefficient (Wildman–Crippen LogP) is 6.10. The molecule has 0 amide bonds. The van der Waals surface area contributed by atoms with Gasteiger partial charge in [-0.1, -0.05) is 36.4 Å². The fourth-order valence-electron chi connectivity index (χ4n) is 3.33. The molecule has 5 heteroatoms. The molecule has 4 rings (SSSR count). The van der Waals surface area contributed by atoms with E-state index in [2.05, 4.69) is 0 Å². The molecule has 0 radical (unpaired) electrons. The van der Waals surface area contributed by atoms with Crippen LogP contribution in [0.4, 0.5) is 4.39 Å². The first-order valence-corrected chi connectivity index (χ1v) is 10.1. The first-order chi connectivity index (χ1) is 15.6. The first-order valence-electron chi connectivity index (χ1n) is 10.1. The van der Waals surface area contributed by atoms with Gasteiger partial charge in [0, 0.05) is 29.2 Å². The Morgan fingerprint density at radius 2 is 1.75 bits per heavy atom. The Balaban J connectivity index is 1.50. The highest BCUT2D eigenvalue weighted by Gasteiger charge is 2.08. The minimum atomic E-state index is -0.421. The van der Waals surface area contributed by atoms with Gasteiger partial charge < -0.3 is 14.0 Å². The molecule has 0 spiro atoms. The Morgan fingerprint density at radius 3 is 2.53 bits per heavy atom. The van der Waals surface area contributed by atoms with Crippen LogP contribution < -0.4 is 9.47 Å². The van der Waals surface area contributed by atoms with Crippen LogP contribution in [0.25, 0.3) is 11.8 Å². The van der Waals surface area contributed by atoms with E-state index >= 15 is 0 Å². The highest BCUT2D eigenvalue weighted by molar-refractivity contribution is 6.07. The van der Waals surface area contributed by atoms with Gasteiger partial charge in [0.2, 0.25) is 0 Å². The lowest BCUT2D eigenvalue weighted by molar-refractivity contribution is 0.104. The molecule has 1 aromatic heterocycles. The van der Waals surface area contributed by atoms with Crippen molar-refractivity contribution < 1.29 is 18.7 Å². The number of rotatable bonds is 8.